The molecule has 4 heteroatoms. The molecule has 0 aliphatic carbocycles. The zero-order chi connectivity index (χ0) is 15.8. The first-order valence-corrected chi connectivity index (χ1v) is 8.12. The van der Waals surface area contributed by atoms with Gasteiger partial charge >= 0.3 is 0 Å². The molecular weight excluding hydrogens is 306 g/mol. The number of nitrogens with zero attached hydrogens (tertiary/aromatic N) is 1. The lowest BCUT2D eigenvalue weighted by atomic mass is 10.1. The Bertz CT molecular complexity index is 1040. The summed E-state index contributed by atoms with van der Waals surface area (Å²) in [6.45, 7) is 0. The Hall–Kier alpha value is -2.48. The normalized spacial score (nSPS) is 17.1. The average Bonchev–Trinajstić information content (AvgIpc) is 3.00. The number of hydrogen-bond donors (Lipinski definition) is 0. The standard InChI is InChI=1S/C19H13NO2S/c1-21-19-14(11-20)16-13-9-5-6-10-15(13)22-17(16)18(23-19)12-7-3-2-4-8-12/h2-10,19H,1H3. The van der Waals surface area contributed by atoms with E-state index in [1.54, 1.807) is 7.11 Å². The third-order valence-corrected chi connectivity index (χ3v) is 5.20. The molecule has 0 N–H and O–H groups in total. The van der Waals surface area contributed by atoms with Crippen LogP contribution in [0.5, 0.6) is 0 Å². The number of para-hydroxylation sites is 1. The number of ether oxygens (including phenoxy) is 1. The van der Waals surface area contributed by atoms with E-state index in [9.17, 15) is 5.26 Å². The maximum absolute atomic E-state index is 9.64. The highest BCUT2D eigenvalue weighted by Crippen LogP contribution is 2.35. The van der Waals surface area contributed by atoms with Gasteiger partial charge < -0.3 is 9.15 Å². The average molecular weight is 319 g/mol. The van der Waals surface area contributed by atoms with Crippen molar-refractivity contribution in [2.75, 3.05) is 7.11 Å². The fourth-order valence-electron chi connectivity index (χ4n) is 2.87. The number of rotatable bonds is 2. The molecule has 1 aliphatic heterocycles. The van der Waals surface area contributed by atoms with Gasteiger partial charge in [-0.05, 0) is 11.6 Å². The summed E-state index contributed by atoms with van der Waals surface area (Å²) >= 11 is 1.52. The van der Waals surface area contributed by atoms with Crippen LogP contribution in [0.15, 0.2) is 59.0 Å². The molecule has 0 radical (unpaired) electrons. The van der Waals surface area contributed by atoms with Crippen LogP contribution >= 0.6 is 11.8 Å². The highest BCUT2D eigenvalue weighted by Gasteiger charge is 2.27. The van der Waals surface area contributed by atoms with E-state index in [4.69, 9.17) is 9.15 Å². The molecule has 2 aromatic carbocycles. The number of benzene rings is 2. The van der Waals surface area contributed by atoms with Crippen LogP contribution in [0.1, 0.15) is 5.56 Å². The largest absolute Gasteiger partial charge is 0.455 e. The van der Waals surface area contributed by atoms with Crippen molar-refractivity contribution in [1.82, 2.24) is 0 Å². The van der Waals surface area contributed by atoms with E-state index in [0.29, 0.717) is 5.57 Å². The number of fused-ring (bicyclic) bond motifs is 3. The van der Waals surface area contributed by atoms with Crippen molar-refractivity contribution in [3.63, 3.8) is 0 Å². The van der Waals surface area contributed by atoms with Crippen LogP contribution in [0, 0.1) is 11.3 Å². The minimum Gasteiger partial charge on any atom is -0.455 e. The van der Waals surface area contributed by atoms with Crippen molar-refractivity contribution in [3.8, 4) is 6.07 Å². The van der Waals surface area contributed by atoms with Gasteiger partial charge in [0.1, 0.15) is 11.0 Å². The van der Waals surface area contributed by atoms with Crippen LogP contribution in [0.2, 0.25) is 0 Å². The quantitative estimate of drug-likeness (QED) is 0.728. The first kappa shape index (κ1) is 14.1. The molecule has 0 fully saturated rings. The monoisotopic (exact) mass is 319 g/mol. The number of furan rings is 1. The molecule has 1 atom stereocenters. The molecule has 23 heavy (non-hydrogen) atoms. The fourth-order valence-corrected chi connectivity index (χ4v) is 3.99. The molecule has 1 aliphatic rings. The molecule has 3 nitrogen and oxygen atoms in total. The van der Waals surface area contributed by atoms with E-state index < -0.39 is 0 Å². The third kappa shape index (κ3) is 2.17. The van der Waals surface area contributed by atoms with Gasteiger partial charge in [-0.15, -0.1) is 0 Å². The lowest BCUT2D eigenvalue weighted by Gasteiger charge is -2.19. The van der Waals surface area contributed by atoms with Crippen molar-refractivity contribution in [3.05, 3.63) is 70.8 Å². The van der Waals surface area contributed by atoms with Crippen LogP contribution in [0.25, 0.3) is 21.4 Å². The Morgan fingerprint density at radius 1 is 1.09 bits per heavy atom. The molecule has 0 saturated carbocycles. The molecule has 1 aromatic heterocycles. The summed E-state index contributed by atoms with van der Waals surface area (Å²) < 4.78 is 11.7. The zero-order valence-electron chi connectivity index (χ0n) is 12.4. The Morgan fingerprint density at radius 3 is 2.57 bits per heavy atom. The molecule has 1 unspecified atom stereocenters. The van der Waals surface area contributed by atoms with E-state index in [0.717, 1.165) is 32.1 Å². The molecule has 4 rings (SSSR count). The second kappa shape index (κ2) is 5.62. The molecule has 3 aromatic rings. The lowest BCUT2D eigenvalue weighted by molar-refractivity contribution is 0.214. The van der Waals surface area contributed by atoms with Gasteiger partial charge in [0.05, 0.1) is 16.5 Å². The topological polar surface area (TPSA) is 46.2 Å². The molecule has 0 amide bonds. The predicted molar refractivity (Wildman–Crippen MR) is 91.8 cm³/mol. The van der Waals surface area contributed by atoms with E-state index in [1.165, 1.54) is 11.8 Å². The zero-order valence-corrected chi connectivity index (χ0v) is 13.3. The number of methoxy groups -OCH3 is 1. The number of thioether (sulfide) groups is 1. The van der Waals surface area contributed by atoms with Crippen LogP contribution in [0.3, 0.4) is 0 Å². The van der Waals surface area contributed by atoms with Crippen molar-refractivity contribution in [1.29, 1.82) is 5.26 Å². The molecule has 0 bridgehead atoms. The number of nitriles is 1. The van der Waals surface area contributed by atoms with Gasteiger partial charge in [-0.2, -0.15) is 5.26 Å². The molecule has 112 valence electrons. The maximum atomic E-state index is 9.64. The van der Waals surface area contributed by atoms with E-state index in [1.807, 2.05) is 54.6 Å². The van der Waals surface area contributed by atoms with Gasteiger partial charge in [-0.25, -0.2) is 0 Å². The smallest absolute Gasteiger partial charge is 0.150 e. The third-order valence-electron chi connectivity index (χ3n) is 3.90. The highest BCUT2D eigenvalue weighted by molar-refractivity contribution is 8.09. The first-order chi connectivity index (χ1) is 11.3. The van der Waals surface area contributed by atoms with Crippen LogP contribution < -0.4 is 10.6 Å². The number of hydrogen-bond acceptors (Lipinski definition) is 4. The molecule has 0 saturated heterocycles. The summed E-state index contributed by atoms with van der Waals surface area (Å²) in [4.78, 5) is 1.00. The van der Waals surface area contributed by atoms with Gasteiger partial charge in [0.25, 0.3) is 0 Å². The van der Waals surface area contributed by atoms with Crippen molar-refractivity contribution >= 4 is 33.2 Å². The van der Waals surface area contributed by atoms with Crippen molar-refractivity contribution in [2.45, 2.75) is 5.44 Å². The van der Waals surface area contributed by atoms with Crippen LogP contribution in [-0.4, -0.2) is 12.5 Å². The van der Waals surface area contributed by atoms with Gasteiger partial charge in [0.15, 0.2) is 5.42 Å². The first-order valence-electron chi connectivity index (χ1n) is 7.24. The summed E-state index contributed by atoms with van der Waals surface area (Å²) in [5.41, 5.74) is 2.89. The summed E-state index contributed by atoms with van der Waals surface area (Å²) in [5, 5.41) is 11.5. The lowest BCUT2D eigenvalue weighted by Crippen LogP contribution is -2.33. The summed E-state index contributed by atoms with van der Waals surface area (Å²) in [6.07, 6.45) is 0. The fraction of sp³-hybridized carbons (Fsp3) is 0.105. The van der Waals surface area contributed by atoms with Gasteiger partial charge in [-0.3, -0.25) is 0 Å². The minimum absolute atomic E-state index is 0.330. The van der Waals surface area contributed by atoms with Crippen molar-refractivity contribution < 1.29 is 9.15 Å². The van der Waals surface area contributed by atoms with E-state index in [-0.39, 0.29) is 5.44 Å². The Balaban J connectivity index is 2.22. The minimum atomic E-state index is -0.330. The molecular formula is C19H13NO2S. The van der Waals surface area contributed by atoms with Gasteiger partial charge in [-0.1, -0.05) is 60.3 Å². The Kier molecular flexibility index (Phi) is 3.45. The predicted octanol–water partition coefficient (Wildman–Crippen LogP) is 2.98. The molecule has 2 heterocycles. The van der Waals surface area contributed by atoms with Crippen molar-refractivity contribution in [2.24, 2.45) is 0 Å². The van der Waals surface area contributed by atoms with Gasteiger partial charge in [0, 0.05) is 17.7 Å². The second-order valence-corrected chi connectivity index (χ2v) is 6.28. The SMILES string of the molecule is COC1SC(c2ccccc2)=c2oc3ccccc3c2=C1C#N. The van der Waals surface area contributed by atoms with Crippen LogP contribution in [0.4, 0.5) is 0 Å². The summed E-state index contributed by atoms with van der Waals surface area (Å²) in [5.74, 6) is 0. The Labute approximate surface area is 137 Å². The van der Waals surface area contributed by atoms with E-state index >= 15 is 0 Å². The summed E-state index contributed by atoms with van der Waals surface area (Å²) in [6, 6.07) is 20.2. The summed E-state index contributed by atoms with van der Waals surface area (Å²) in [7, 11) is 1.63. The second-order valence-electron chi connectivity index (χ2n) is 5.21. The molecule has 0 spiro atoms. The maximum Gasteiger partial charge on any atom is 0.150 e. The van der Waals surface area contributed by atoms with E-state index in [2.05, 4.69) is 6.07 Å². The highest BCUT2D eigenvalue weighted by atomic mass is 32.2. The van der Waals surface area contributed by atoms with Crippen LogP contribution in [-0.2, 0) is 4.74 Å². The van der Waals surface area contributed by atoms with Gasteiger partial charge in [0.2, 0.25) is 0 Å². The Morgan fingerprint density at radius 2 is 1.83 bits per heavy atom.